The number of nitrogens with zero attached hydrogens (tertiary/aromatic N) is 3. The molecule has 0 saturated heterocycles. The van der Waals surface area contributed by atoms with E-state index in [4.69, 9.17) is 0 Å². The zero-order chi connectivity index (χ0) is 20.5. The second-order valence-electron chi connectivity index (χ2n) is 6.13. The molecule has 0 spiro atoms. The van der Waals surface area contributed by atoms with Gasteiger partial charge >= 0.3 is 0 Å². The molecule has 1 amide bonds. The summed E-state index contributed by atoms with van der Waals surface area (Å²) >= 11 is 1.48. The summed E-state index contributed by atoms with van der Waals surface area (Å²) in [6.45, 7) is 0. The molecule has 2 heterocycles. The molecule has 0 aliphatic heterocycles. The second-order valence-corrected chi connectivity index (χ2v) is 7.02. The third-order valence-electron chi connectivity index (χ3n) is 4.24. The molecule has 0 fully saturated rings. The van der Waals surface area contributed by atoms with Crippen molar-refractivity contribution in [2.24, 2.45) is 7.05 Å². The quantitative estimate of drug-likeness (QED) is 0.484. The Morgan fingerprint density at radius 1 is 1.07 bits per heavy atom. The molecule has 4 aromatic rings. The van der Waals surface area contributed by atoms with Crippen LogP contribution in [0.4, 0.5) is 18.9 Å². The van der Waals surface area contributed by atoms with Gasteiger partial charge in [-0.15, -0.1) is 11.3 Å². The Morgan fingerprint density at radius 2 is 1.79 bits per heavy atom. The lowest BCUT2D eigenvalue weighted by Crippen LogP contribution is -2.16. The fourth-order valence-electron chi connectivity index (χ4n) is 2.85. The molecule has 2 aromatic carbocycles. The minimum Gasteiger partial charge on any atom is -0.322 e. The van der Waals surface area contributed by atoms with E-state index in [1.54, 1.807) is 42.2 Å². The third-order valence-corrected chi connectivity index (χ3v) is 5.04. The van der Waals surface area contributed by atoms with Gasteiger partial charge in [0.2, 0.25) is 0 Å². The smallest absolute Gasteiger partial charge is 0.261 e. The van der Waals surface area contributed by atoms with Crippen molar-refractivity contribution in [3.8, 4) is 22.0 Å². The maximum absolute atomic E-state index is 13.8. The number of aryl methyl sites for hydroxylation is 1. The van der Waals surface area contributed by atoms with Crippen LogP contribution in [-0.4, -0.2) is 20.7 Å². The number of aromatic nitrogens is 3. The van der Waals surface area contributed by atoms with Crippen molar-refractivity contribution < 1.29 is 18.0 Å². The third kappa shape index (κ3) is 3.64. The number of benzene rings is 2. The first-order valence-corrected chi connectivity index (χ1v) is 9.31. The fourth-order valence-corrected chi connectivity index (χ4v) is 3.44. The van der Waals surface area contributed by atoms with Crippen LogP contribution in [0, 0.1) is 17.5 Å². The summed E-state index contributed by atoms with van der Waals surface area (Å²) in [6, 6.07) is 9.86. The molecule has 2 aromatic heterocycles. The minimum absolute atomic E-state index is 0.309. The Labute approximate surface area is 167 Å². The van der Waals surface area contributed by atoms with Gasteiger partial charge in [0.05, 0.1) is 5.69 Å². The first-order valence-electron chi connectivity index (χ1n) is 8.43. The highest BCUT2D eigenvalue weighted by Gasteiger charge is 2.21. The number of thiazole rings is 1. The van der Waals surface area contributed by atoms with Gasteiger partial charge in [0, 0.05) is 24.3 Å². The molecule has 5 nitrogen and oxygen atoms in total. The molecule has 0 bridgehead atoms. The molecular weight excluding hydrogens is 401 g/mol. The maximum atomic E-state index is 13.8. The van der Waals surface area contributed by atoms with Crippen LogP contribution in [0.5, 0.6) is 0 Å². The van der Waals surface area contributed by atoms with Crippen molar-refractivity contribution in [2.75, 3.05) is 5.32 Å². The summed E-state index contributed by atoms with van der Waals surface area (Å²) in [4.78, 5) is 16.4. The van der Waals surface area contributed by atoms with E-state index in [0.29, 0.717) is 17.8 Å². The van der Waals surface area contributed by atoms with Crippen LogP contribution in [0.3, 0.4) is 0 Å². The SMILES string of the molecule is Cn1nc(-c2nccs2)cc1-c1ccc(NC(=O)c2c(F)ccc(F)c2F)cc1. The average molecular weight is 414 g/mol. The Morgan fingerprint density at radius 3 is 2.48 bits per heavy atom. The van der Waals surface area contributed by atoms with Gasteiger partial charge < -0.3 is 5.32 Å². The molecule has 146 valence electrons. The topological polar surface area (TPSA) is 59.8 Å². The Hall–Kier alpha value is -3.46. The second kappa shape index (κ2) is 7.51. The molecule has 9 heteroatoms. The van der Waals surface area contributed by atoms with Crippen LogP contribution in [0.25, 0.3) is 22.0 Å². The number of hydrogen-bond donors (Lipinski definition) is 1. The normalized spacial score (nSPS) is 10.9. The van der Waals surface area contributed by atoms with Crippen LogP contribution >= 0.6 is 11.3 Å². The van der Waals surface area contributed by atoms with Gasteiger partial charge in [-0.2, -0.15) is 5.10 Å². The summed E-state index contributed by atoms with van der Waals surface area (Å²) in [7, 11) is 1.80. The minimum atomic E-state index is -1.52. The lowest BCUT2D eigenvalue weighted by atomic mass is 10.1. The van der Waals surface area contributed by atoms with Gasteiger partial charge in [0.1, 0.15) is 22.1 Å². The van der Waals surface area contributed by atoms with E-state index < -0.39 is 28.9 Å². The van der Waals surface area contributed by atoms with Gasteiger partial charge in [-0.1, -0.05) is 12.1 Å². The molecule has 4 rings (SSSR count). The number of amides is 1. The van der Waals surface area contributed by atoms with Crippen molar-refractivity contribution >= 4 is 22.9 Å². The lowest BCUT2D eigenvalue weighted by molar-refractivity contribution is 0.101. The number of hydrogen-bond acceptors (Lipinski definition) is 4. The van der Waals surface area contributed by atoms with Crippen molar-refractivity contribution in [3.63, 3.8) is 0 Å². The van der Waals surface area contributed by atoms with Crippen LogP contribution in [0.2, 0.25) is 0 Å². The average Bonchev–Trinajstić information content (AvgIpc) is 3.35. The number of nitrogens with one attached hydrogen (secondary N) is 1. The van der Waals surface area contributed by atoms with Gasteiger partial charge in [0.15, 0.2) is 11.6 Å². The molecular formula is C20H13F3N4OS. The van der Waals surface area contributed by atoms with Crippen LogP contribution in [0.1, 0.15) is 10.4 Å². The Balaban J connectivity index is 1.56. The molecule has 0 aliphatic rings. The van der Waals surface area contributed by atoms with Crippen LogP contribution < -0.4 is 5.32 Å². The van der Waals surface area contributed by atoms with E-state index in [1.807, 2.05) is 11.4 Å². The van der Waals surface area contributed by atoms with Gasteiger partial charge in [-0.3, -0.25) is 9.48 Å². The molecule has 0 aliphatic carbocycles. The fraction of sp³-hybridized carbons (Fsp3) is 0.0500. The monoisotopic (exact) mass is 414 g/mol. The Kier molecular flexibility index (Phi) is 4.89. The standard InChI is InChI=1S/C20H13F3N4OS/c1-27-16(10-15(26-27)20-24-8-9-29-20)11-2-4-12(5-3-11)25-19(28)17-13(21)6-7-14(22)18(17)23/h2-10H,1H3,(H,25,28). The number of anilines is 1. The van der Waals surface area contributed by atoms with E-state index in [9.17, 15) is 18.0 Å². The van der Waals surface area contributed by atoms with Crippen molar-refractivity contribution in [2.45, 2.75) is 0 Å². The molecule has 1 N–H and O–H groups in total. The summed E-state index contributed by atoms with van der Waals surface area (Å²) in [5, 5.41) is 9.48. The van der Waals surface area contributed by atoms with Crippen molar-refractivity contribution in [1.82, 2.24) is 14.8 Å². The first-order chi connectivity index (χ1) is 13.9. The maximum Gasteiger partial charge on any atom is 0.261 e. The zero-order valence-corrected chi connectivity index (χ0v) is 15.8. The van der Waals surface area contributed by atoms with Crippen molar-refractivity contribution in [1.29, 1.82) is 0 Å². The number of carbonyl (C=O) groups is 1. The van der Waals surface area contributed by atoms with E-state index >= 15 is 0 Å². The Bertz CT molecular complexity index is 1190. The largest absolute Gasteiger partial charge is 0.322 e. The van der Waals surface area contributed by atoms with Gasteiger partial charge in [-0.25, -0.2) is 18.2 Å². The number of carbonyl (C=O) groups excluding carboxylic acids is 1. The summed E-state index contributed by atoms with van der Waals surface area (Å²) in [5.74, 6) is -5.02. The van der Waals surface area contributed by atoms with Gasteiger partial charge in [-0.05, 0) is 35.9 Å². The highest BCUT2D eigenvalue weighted by atomic mass is 32.1. The van der Waals surface area contributed by atoms with E-state index in [1.165, 1.54) is 11.3 Å². The van der Waals surface area contributed by atoms with E-state index in [0.717, 1.165) is 22.0 Å². The molecule has 0 radical (unpaired) electrons. The predicted molar refractivity (Wildman–Crippen MR) is 104 cm³/mol. The van der Waals surface area contributed by atoms with E-state index in [-0.39, 0.29) is 0 Å². The highest BCUT2D eigenvalue weighted by Crippen LogP contribution is 2.28. The molecule has 0 saturated carbocycles. The van der Waals surface area contributed by atoms with Crippen LogP contribution in [0.15, 0.2) is 54.0 Å². The van der Waals surface area contributed by atoms with E-state index in [2.05, 4.69) is 15.4 Å². The molecule has 0 atom stereocenters. The zero-order valence-electron chi connectivity index (χ0n) is 15.0. The number of halogens is 3. The lowest BCUT2D eigenvalue weighted by Gasteiger charge is -2.09. The summed E-state index contributed by atoms with van der Waals surface area (Å²) < 4.78 is 42.5. The summed E-state index contributed by atoms with van der Waals surface area (Å²) in [5.41, 5.74) is 1.74. The van der Waals surface area contributed by atoms with Crippen molar-refractivity contribution in [3.05, 3.63) is 77.1 Å². The molecule has 0 unspecified atom stereocenters. The van der Waals surface area contributed by atoms with Crippen LogP contribution in [-0.2, 0) is 7.05 Å². The summed E-state index contributed by atoms with van der Waals surface area (Å²) in [6.07, 6.45) is 1.70. The number of rotatable bonds is 4. The highest BCUT2D eigenvalue weighted by molar-refractivity contribution is 7.13. The predicted octanol–water partition coefficient (Wildman–Crippen LogP) is 4.88. The van der Waals surface area contributed by atoms with Gasteiger partial charge in [0.25, 0.3) is 5.91 Å². The molecule has 29 heavy (non-hydrogen) atoms. The first kappa shape index (κ1) is 18.9.